The predicted molar refractivity (Wildman–Crippen MR) is 75.4 cm³/mol. The van der Waals surface area contributed by atoms with E-state index in [4.69, 9.17) is 4.42 Å². The molecule has 0 amide bonds. The minimum Gasteiger partial charge on any atom is -0.459 e. The molecule has 0 aliphatic carbocycles. The fourth-order valence-electron chi connectivity index (χ4n) is 1.96. The van der Waals surface area contributed by atoms with Crippen LogP contribution in [0.5, 0.6) is 0 Å². The Hall–Kier alpha value is -0.800. The Morgan fingerprint density at radius 2 is 2.06 bits per heavy atom. The molecule has 1 heterocycles. The van der Waals surface area contributed by atoms with Crippen molar-refractivity contribution in [2.24, 2.45) is 0 Å². The molecular formula is C14H18BrNO. The number of rotatable bonds is 4. The Labute approximate surface area is 111 Å². The third-order valence-corrected chi connectivity index (χ3v) is 3.29. The standard InChI is InChI=1S/C14H18BrNO/c1-4-16-8-12-6-10-5-11(15)7-13(9(2)3)14(10)17-12/h5-7,9,16H,4,8H2,1-3H3. The first-order chi connectivity index (χ1) is 8.11. The summed E-state index contributed by atoms with van der Waals surface area (Å²) in [5, 5.41) is 4.46. The van der Waals surface area contributed by atoms with Gasteiger partial charge in [0.25, 0.3) is 0 Å². The van der Waals surface area contributed by atoms with Crippen molar-refractivity contribution in [1.29, 1.82) is 0 Å². The van der Waals surface area contributed by atoms with Gasteiger partial charge in [0.15, 0.2) is 0 Å². The maximum absolute atomic E-state index is 5.93. The SMILES string of the molecule is CCNCc1cc2cc(Br)cc(C(C)C)c2o1. The number of hydrogen-bond donors (Lipinski definition) is 1. The van der Waals surface area contributed by atoms with Crippen LogP contribution < -0.4 is 5.32 Å². The van der Waals surface area contributed by atoms with Crippen LogP contribution in [-0.2, 0) is 6.54 Å². The minimum absolute atomic E-state index is 0.466. The highest BCUT2D eigenvalue weighted by Gasteiger charge is 2.12. The van der Waals surface area contributed by atoms with Gasteiger partial charge >= 0.3 is 0 Å². The number of hydrogen-bond acceptors (Lipinski definition) is 2. The molecule has 0 saturated heterocycles. The molecule has 2 rings (SSSR count). The van der Waals surface area contributed by atoms with E-state index in [9.17, 15) is 0 Å². The van der Waals surface area contributed by atoms with Crippen LogP contribution in [0.15, 0.2) is 27.1 Å². The summed E-state index contributed by atoms with van der Waals surface area (Å²) >= 11 is 3.56. The zero-order valence-corrected chi connectivity index (χ0v) is 12.1. The van der Waals surface area contributed by atoms with Crippen molar-refractivity contribution in [2.45, 2.75) is 33.2 Å². The van der Waals surface area contributed by atoms with Gasteiger partial charge in [0, 0.05) is 9.86 Å². The molecular weight excluding hydrogens is 278 g/mol. The molecule has 0 fully saturated rings. The second-order valence-corrected chi connectivity index (χ2v) is 5.48. The molecule has 1 N–H and O–H groups in total. The van der Waals surface area contributed by atoms with Gasteiger partial charge in [0.1, 0.15) is 11.3 Å². The first-order valence-electron chi connectivity index (χ1n) is 6.04. The zero-order valence-electron chi connectivity index (χ0n) is 10.5. The predicted octanol–water partition coefficient (Wildman–Crippen LogP) is 4.43. The summed E-state index contributed by atoms with van der Waals surface area (Å²) < 4.78 is 7.05. The van der Waals surface area contributed by atoms with Crippen LogP contribution in [0.25, 0.3) is 11.0 Å². The molecule has 1 aromatic heterocycles. The summed E-state index contributed by atoms with van der Waals surface area (Å²) in [6.07, 6.45) is 0. The molecule has 0 spiro atoms. The van der Waals surface area contributed by atoms with Gasteiger partial charge in [0.2, 0.25) is 0 Å². The molecule has 2 nitrogen and oxygen atoms in total. The normalized spacial score (nSPS) is 11.6. The van der Waals surface area contributed by atoms with Gasteiger partial charge in [-0.25, -0.2) is 0 Å². The maximum Gasteiger partial charge on any atom is 0.137 e. The molecule has 0 unspecified atom stereocenters. The van der Waals surface area contributed by atoms with E-state index in [2.05, 4.69) is 60.2 Å². The fraction of sp³-hybridized carbons (Fsp3) is 0.429. The third-order valence-electron chi connectivity index (χ3n) is 2.83. The van der Waals surface area contributed by atoms with Gasteiger partial charge in [-0.1, -0.05) is 36.7 Å². The highest BCUT2D eigenvalue weighted by Crippen LogP contribution is 2.31. The maximum atomic E-state index is 5.93. The van der Waals surface area contributed by atoms with E-state index in [-0.39, 0.29) is 0 Å². The van der Waals surface area contributed by atoms with Crippen LogP contribution in [0.2, 0.25) is 0 Å². The molecule has 92 valence electrons. The average Bonchev–Trinajstić information content (AvgIpc) is 2.67. The van der Waals surface area contributed by atoms with Crippen LogP contribution in [0, 0.1) is 0 Å². The Kier molecular flexibility index (Phi) is 3.89. The third kappa shape index (κ3) is 2.72. The van der Waals surface area contributed by atoms with E-state index in [1.54, 1.807) is 0 Å². The number of nitrogens with one attached hydrogen (secondary N) is 1. The number of halogens is 1. The van der Waals surface area contributed by atoms with Crippen LogP contribution in [0.4, 0.5) is 0 Å². The highest BCUT2D eigenvalue weighted by atomic mass is 79.9. The average molecular weight is 296 g/mol. The van der Waals surface area contributed by atoms with Crippen molar-refractivity contribution >= 4 is 26.9 Å². The second-order valence-electron chi connectivity index (χ2n) is 4.56. The minimum atomic E-state index is 0.466. The van der Waals surface area contributed by atoms with Crippen molar-refractivity contribution in [1.82, 2.24) is 5.32 Å². The van der Waals surface area contributed by atoms with E-state index in [0.29, 0.717) is 5.92 Å². The van der Waals surface area contributed by atoms with Crippen LogP contribution in [0.1, 0.15) is 38.0 Å². The lowest BCUT2D eigenvalue weighted by Crippen LogP contribution is -2.10. The van der Waals surface area contributed by atoms with E-state index in [0.717, 1.165) is 28.9 Å². The van der Waals surface area contributed by atoms with E-state index >= 15 is 0 Å². The lowest BCUT2D eigenvalue weighted by molar-refractivity contribution is 0.516. The van der Waals surface area contributed by atoms with Gasteiger partial charge in [-0.3, -0.25) is 0 Å². The molecule has 0 saturated carbocycles. The highest BCUT2D eigenvalue weighted by molar-refractivity contribution is 9.10. The van der Waals surface area contributed by atoms with E-state index in [1.807, 2.05) is 0 Å². The zero-order chi connectivity index (χ0) is 12.4. The topological polar surface area (TPSA) is 25.2 Å². The Balaban J connectivity index is 2.47. The van der Waals surface area contributed by atoms with Crippen LogP contribution in [0.3, 0.4) is 0 Å². The number of furan rings is 1. The van der Waals surface area contributed by atoms with Crippen molar-refractivity contribution in [2.75, 3.05) is 6.54 Å². The lowest BCUT2D eigenvalue weighted by atomic mass is 10.0. The second kappa shape index (κ2) is 5.23. The fourth-order valence-corrected chi connectivity index (χ4v) is 2.45. The summed E-state index contributed by atoms with van der Waals surface area (Å²) in [6, 6.07) is 6.38. The molecule has 0 radical (unpaired) electrons. The van der Waals surface area contributed by atoms with Crippen LogP contribution >= 0.6 is 15.9 Å². The summed E-state index contributed by atoms with van der Waals surface area (Å²) in [6.45, 7) is 8.22. The largest absolute Gasteiger partial charge is 0.459 e. The van der Waals surface area contributed by atoms with Gasteiger partial charge in [-0.2, -0.15) is 0 Å². The molecule has 0 atom stereocenters. The van der Waals surface area contributed by atoms with Gasteiger partial charge in [0.05, 0.1) is 6.54 Å². The van der Waals surface area contributed by atoms with E-state index < -0.39 is 0 Å². The summed E-state index contributed by atoms with van der Waals surface area (Å²) in [7, 11) is 0. The van der Waals surface area contributed by atoms with Crippen LogP contribution in [-0.4, -0.2) is 6.54 Å². The van der Waals surface area contributed by atoms with Crippen molar-refractivity contribution in [3.8, 4) is 0 Å². The van der Waals surface area contributed by atoms with E-state index in [1.165, 1.54) is 10.9 Å². The number of fused-ring (bicyclic) bond motifs is 1. The molecule has 17 heavy (non-hydrogen) atoms. The quantitative estimate of drug-likeness (QED) is 0.903. The van der Waals surface area contributed by atoms with Crippen molar-refractivity contribution < 1.29 is 4.42 Å². The smallest absolute Gasteiger partial charge is 0.137 e. The molecule has 3 heteroatoms. The lowest BCUT2D eigenvalue weighted by Gasteiger charge is -2.06. The monoisotopic (exact) mass is 295 g/mol. The molecule has 0 aliphatic heterocycles. The van der Waals surface area contributed by atoms with Gasteiger partial charge in [-0.05, 0) is 36.2 Å². The molecule has 2 aromatic rings. The number of benzene rings is 1. The first kappa shape index (κ1) is 12.7. The Morgan fingerprint density at radius 3 is 2.71 bits per heavy atom. The van der Waals surface area contributed by atoms with Crippen molar-refractivity contribution in [3.63, 3.8) is 0 Å². The van der Waals surface area contributed by atoms with Crippen molar-refractivity contribution in [3.05, 3.63) is 34.0 Å². The molecule has 0 bridgehead atoms. The Morgan fingerprint density at radius 1 is 1.29 bits per heavy atom. The Bertz CT molecular complexity index is 516. The van der Waals surface area contributed by atoms with Gasteiger partial charge in [-0.15, -0.1) is 0 Å². The van der Waals surface area contributed by atoms with Gasteiger partial charge < -0.3 is 9.73 Å². The first-order valence-corrected chi connectivity index (χ1v) is 6.83. The summed E-state index contributed by atoms with van der Waals surface area (Å²) in [4.78, 5) is 0. The molecule has 1 aromatic carbocycles. The molecule has 0 aliphatic rings. The summed E-state index contributed by atoms with van der Waals surface area (Å²) in [5.41, 5.74) is 2.29. The summed E-state index contributed by atoms with van der Waals surface area (Å²) in [5.74, 6) is 1.47.